The second kappa shape index (κ2) is 57.3. The van der Waals surface area contributed by atoms with Crippen LogP contribution < -0.4 is 0 Å². The number of unbranched alkanes of at least 4 members (excludes halogenated alkanes) is 40. The Kier molecular flexibility index (Phi) is 55.6. The molecule has 0 aliphatic carbocycles. The molecule has 0 radical (unpaired) electrons. The van der Waals surface area contributed by atoms with Crippen molar-refractivity contribution in [2.24, 2.45) is 0 Å². The number of hydrogen-bond donors (Lipinski definition) is 0. The molecule has 496 valence electrons. The molecule has 0 spiro atoms. The van der Waals surface area contributed by atoms with Crippen LogP contribution in [-0.2, 0) is 39.2 Å². The van der Waals surface area contributed by atoms with Crippen molar-refractivity contribution in [3.63, 3.8) is 0 Å². The molecule has 0 saturated heterocycles. The molecule has 0 saturated carbocycles. The van der Waals surface area contributed by atoms with Gasteiger partial charge in [-0.3, -0.25) is 0 Å². The summed E-state index contributed by atoms with van der Waals surface area (Å²) in [7, 11) is -8.87. The van der Waals surface area contributed by atoms with E-state index in [0.29, 0.717) is 13.2 Å². The zero-order chi connectivity index (χ0) is 63.2. The van der Waals surface area contributed by atoms with Crippen LogP contribution in [0, 0.1) is 0 Å². The zero-order valence-corrected chi connectivity index (χ0v) is 58.8. The van der Waals surface area contributed by atoms with Crippen molar-refractivity contribution in [2.75, 3.05) is 26.4 Å². The third-order valence-electron chi connectivity index (χ3n) is 16.2. The molecule has 87 heavy (non-hydrogen) atoms. The predicted molar refractivity (Wildman–Crippen MR) is 353 cm³/mol. The quantitative estimate of drug-likeness (QED) is 0.0198. The SMILES string of the molecule is CCCCCCCCCCCCCCCCCCCCCCCOC(=O)c1ccccc1C(=O)OCCC(C)S(=O)(=O)[O-].CCCCCCCCCCCCCCCCCCCCCCCOC(=O)c1ccccc1C(=O)OCCC(C)S(=O)(=O)[O-].[Ca+2]. The second-order valence-corrected chi connectivity index (χ2v) is 27.5. The van der Waals surface area contributed by atoms with Crippen molar-refractivity contribution in [1.82, 2.24) is 0 Å². The maximum atomic E-state index is 12.5. The summed E-state index contributed by atoms with van der Waals surface area (Å²) in [4.78, 5) is 49.9. The van der Waals surface area contributed by atoms with E-state index in [1.165, 1.54) is 269 Å². The Bertz CT molecular complexity index is 2080. The molecule has 2 rings (SSSR count). The van der Waals surface area contributed by atoms with Gasteiger partial charge in [-0.15, -0.1) is 0 Å². The molecule has 2 atom stereocenters. The molecule has 0 aliphatic rings. The maximum absolute atomic E-state index is 12.5. The summed E-state index contributed by atoms with van der Waals surface area (Å²) in [5, 5.41) is -2.32. The van der Waals surface area contributed by atoms with Gasteiger partial charge in [0.1, 0.15) is 0 Å². The van der Waals surface area contributed by atoms with Crippen molar-refractivity contribution in [1.29, 1.82) is 0 Å². The number of rotatable bonds is 56. The van der Waals surface area contributed by atoms with Crippen molar-refractivity contribution in [2.45, 2.75) is 321 Å². The maximum Gasteiger partial charge on any atom is 2.00 e. The Morgan fingerprint density at radius 1 is 0.310 bits per heavy atom. The average Bonchev–Trinajstić information content (AvgIpc) is 2.88. The summed E-state index contributed by atoms with van der Waals surface area (Å²) < 4.78 is 86.8. The van der Waals surface area contributed by atoms with Gasteiger partial charge in [0.05, 0.1) is 68.9 Å². The van der Waals surface area contributed by atoms with Crippen LogP contribution in [-0.4, -0.2) is 124 Å². The first-order chi connectivity index (χ1) is 41.5. The molecule has 2 aromatic carbocycles. The van der Waals surface area contributed by atoms with E-state index in [1.807, 2.05) is 0 Å². The molecule has 17 heteroatoms. The molecule has 0 N–H and O–H groups in total. The van der Waals surface area contributed by atoms with Crippen LogP contribution in [0.2, 0.25) is 0 Å². The molecule has 0 amide bonds. The van der Waals surface area contributed by atoms with Crippen molar-refractivity contribution >= 4 is 81.9 Å². The Labute approximate surface area is 559 Å². The van der Waals surface area contributed by atoms with Crippen molar-refractivity contribution in [3.05, 3.63) is 70.8 Å². The van der Waals surface area contributed by atoms with Crippen LogP contribution in [0.3, 0.4) is 0 Å². The van der Waals surface area contributed by atoms with Gasteiger partial charge < -0.3 is 28.1 Å². The van der Waals surface area contributed by atoms with Gasteiger partial charge in [0, 0.05) is 10.5 Å². The second-order valence-electron chi connectivity index (χ2n) is 24.0. The first kappa shape index (κ1) is 84.4. The summed E-state index contributed by atoms with van der Waals surface area (Å²) in [5.74, 6) is -2.68. The van der Waals surface area contributed by atoms with Gasteiger partial charge in [0.15, 0.2) is 0 Å². The van der Waals surface area contributed by atoms with Crippen LogP contribution in [0.1, 0.15) is 352 Å². The van der Waals surface area contributed by atoms with Crippen LogP contribution in [0.4, 0.5) is 0 Å². The minimum atomic E-state index is -4.44. The van der Waals surface area contributed by atoms with E-state index in [1.54, 1.807) is 24.3 Å². The summed E-state index contributed by atoms with van der Waals surface area (Å²) in [6.07, 6.45) is 55.0. The Morgan fingerprint density at radius 3 is 0.644 bits per heavy atom. The minimum absolute atomic E-state index is 0. The monoisotopic (exact) mass is 1290 g/mol. The largest absolute Gasteiger partial charge is 2.00 e. The van der Waals surface area contributed by atoms with Gasteiger partial charge in [-0.1, -0.05) is 295 Å². The van der Waals surface area contributed by atoms with Crippen LogP contribution in [0.15, 0.2) is 48.5 Å². The Hall–Kier alpha value is -2.60. The molecule has 0 heterocycles. The summed E-state index contributed by atoms with van der Waals surface area (Å²) >= 11 is 0. The number of benzene rings is 2. The van der Waals surface area contributed by atoms with Crippen molar-refractivity contribution < 1.29 is 64.1 Å². The average molecular weight is 1290 g/mol. The van der Waals surface area contributed by atoms with Gasteiger partial charge in [-0.05, 0) is 63.8 Å². The van der Waals surface area contributed by atoms with E-state index < -0.39 is 54.6 Å². The zero-order valence-electron chi connectivity index (χ0n) is 55.0. The normalized spacial score (nSPS) is 12.1. The van der Waals surface area contributed by atoms with Gasteiger partial charge in [0.25, 0.3) is 0 Å². The topological polar surface area (TPSA) is 220 Å². The van der Waals surface area contributed by atoms with E-state index in [2.05, 4.69) is 13.8 Å². The van der Waals surface area contributed by atoms with Crippen LogP contribution in [0.5, 0.6) is 0 Å². The van der Waals surface area contributed by atoms with Gasteiger partial charge in [-0.25, -0.2) is 36.0 Å². The van der Waals surface area contributed by atoms with Gasteiger partial charge in [0.2, 0.25) is 0 Å². The molecule has 0 aromatic heterocycles. The number of esters is 4. The van der Waals surface area contributed by atoms with Gasteiger partial charge in [-0.2, -0.15) is 0 Å². The molecule has 14 nitrogen and oxygen atoms in total. The van der Waals surface area contributed by atoms with Crippen molar-refractivity contribution in [3.8, 4) is 0 Å². The third-order valence-corrected chi connectivity index (χ3v) is 18.6. The molecule has 0 fully saturated rings. The Balaban J connectivity index is 0.00000168. The fourth-order valence-electron chi connectivity index (χ4n) is 10.3. The fraction of sp³-hybridized carbons (Fsp3) is 0.771. The van der Waals surface area contributed by atoms with E-state index in [0.717, 1.165) is 38.5 Å². The van der Waals surface area contributed by atoms with Gasteiger partial charge >= 0.3 is 61.6 Å². The van der Waals surface area contributed by atoms with E-state index in [4.69, 9.17) is 18.9 Å². The molecule has 2 unspecified atom stereocenters. The van der Waals surface area contributed by atoms with Crippen LogP contribution >= 0.6 is 0 Å². The molecule has 0 aliphatic heterocycles. The Morgan fingerprint density at radius 2 is 0.471 bits per heavy atom. The van der Waals surface area contributed by atoms with Crippen LogP contribution in [0.25, 0.3) is 0 Å². The van der Waals surface area contributed by atoms with E-state index in [-0.39, 0.29) is 86.0 Å². The fourth-order valence-corrected chi connectivity index (χ4v) is 11.1. The predicted octanol–water partition coefficient (Wildman–Crippen LogP) is 18.7. The molecular weight excluding hydrogens is 1170 g/mol. The number of carbonyl (C=O) groups excluding carboxylic acids is 4. The smallest absolute Gasteiger partial charge is 0.748 e. The first-order valence-electron chi connectivity index (χ1n) is 34.3. The summed E-state index contributed by atoms with van der Waals surface area (Å²) in [5.41, 5.74) is 0.342. The van der Waals surface area contributed by atoms with E-state index in [9.17, 15) is 45.1 Å². The number of hydrogen-bond acceptors (Lipinski definition) is 14. The summed E-state index contributed by atoms with van der Waals surface area (Å²) in [6, 6.07) is 12.4. The number of ether oxygens (including phenoxy) is 4. The summed E-state index contributed by atoms with van der Waals surface area (Å²) in [6.45, 7) is 7.20. The first-order valence-corrected chi connectivity index (χ1v) is 37.2. The van der Waals surface area contributed by atoms with E-state index >= 15 is 0 Å². The number of carbonyl (C=O) groups is 4. The minimum Gasteiger partial charge on any atom is -0.748 e. The standard InChI is InChI=1S/2C35H60O7S.Ca/c2*1-3-4-5-6-7-8-9-10-11-12-13-14-15-16-17-18-19-20-21-22-25-29-41-34(36)32-26-23-24-27-33(32)35(37)42-30-28-31(2)43(38,39)40;/h2*23-24,26-27,31H,3-22,25,28-30H2,1-2H3,(H,38,39,40);/q;;+2/p-2. The molecule has 0 bridgehead atoms. The third kappa shape index (κ3) is 47.9. The molecular formula is C70H118CaO14S2. The molecule has 2 aromatic rings.